The smallest absolute Gasteiger partial charge is 0.400 e. The quantitative estimate of drug-likeness (QED) is 0.348. The highest BCUT2D eigenvalue weighted by Gasteiger charge is 2.44. The summed E-state index contributed by atoms with van der Waals surface area (Å²) in [6, 6.07) is 0.106. The van der Waals surface area contributed by atoms with Crippen molar-refractivity contribution in [3.63, 3.8) is 0 Å². The first kappa shape index (κ1) is 17.0. The maximum Gasteiger partial charge on any atom is 0.400 e. The highest BCUT2D eigenvalue weighted by atomic mass is 19.4. The number of nitrogens with zero attached hydrogens (tertiary/aromatic N) is 3. The third kappa shape index (κ3) is 4.52. The Morgan fingerprint density at radius 3 is 2.40 bits per heavy atom. The molecule has 5 nitrogen and oxygen atoms in total. The van der Waals surface area contributed by atoms with Gasteiger partial charge < -0.3 is 20.7 Å². The Morgan fingerprint density at radius 1 is 1.45 bits per heavy atom. The molecule has 118 valence electrons. The number of amidine groups is 1. The van der Waals surface area contributed by atoms with Gasteiger partial charge in [0.05, 0.1) is 0 Å². The van der Waals surface area contributed by atoms with Crippen LogP contribution < -0.4 is 5.73 Å². The number of piperidine rings is 1. The molecule has 0 aromatic heterocycles. The summed E-state index contributed by atoms with van der Waals surface area (Å²) in [6.45, 7) is 4.54. The van der Waals surface area contributed by atoms with Gasteiger partial charge in [-0.05, 0) is 39.5 Å². The second kappa shape index (κ2) is 7.12. The maximum absolute atomic E-state index is 12.9. The van der Waals surface area contributed by atoms with E-state index in [0.29, 0.717) is 0 Å². The molecule has 0 aliphatic carbocycles. The zero-order chi connectivity index (χ0) is 15.3. The lowest BCUT2D eigenvalue weighted by Crippen LogP contribution is -2.49. The molecule has 1 unspecified atom stereocenters. The highest BCUT2D eigenvalue weighted by molar-refractivity contribution is 5.83. The molecule has 1 aliphatic heterocycles. The van der Waals surface area contributed by atoms with Gasteiger partial charge in [-0.2, -0.15) is 13.2 Å². The minimum absolute atomic E-state index is 0.106. The number of halogens is 3. The number of hydrogen-bond acceptors (Lipinski definition) is 4. The fourth-order valence-electron chi connectivity index (χ4n) is 2.55. The summed E-state index contributed by atoms with van der Waals surface area (Å²) in [5.41, 5.74) is 5.17. The Morgan fingerprint density at radius 2 is 2.00 bits per heavy atom. The summed E-state index contributed by atoms with van der Waals surface area (Å²) in [7, 11) is 1.66. The number of alkyl halides is 3. The Labute approximate surface area is 117 Å². The van der Waals surface area contributed by atoms with Gasteiger partial charge in [0.2, 0.25) is 0 Å². The minimum Gasteiger partial charge on any atom is -0.409 e. The van der Waals surface area contributed by atoms with Gasteiger partial charge in [0.15, 0.2) is 5.84 Å². The third-order valence-electron chi connectivity index (χ3n) is 3.97. The van der Waals surface area contributed by atoms with E-state index >= 15 is 0 Å². The fourth-order valence-corrected chi connectivity index (χ4v) is 2.55. The van der Waals surface area contributed by atoms with E-state index in [1.54, 1.807) is 11.9 Å². The van der Waals surface area contributed by atoms with E-state index in [-0.39, 0.29) is 12.6 Å². The number of nitrogens with two attached hydrogens (primary N) is 1. The monoisotopic (exact) mass is 296 g/mol. The predicted molar refractivity (Wildman–Crippen MR) is 70.7 cm³/mol. The van der Waals surface area contributed by atoms with Crippen molar-refractivity contribution in [2.45, 2.75) is 32.0 Å². The summed E-state index contributed by atoms with van der Waals surface area (Å²) >= 11 is 0. The standard InChI is InChI=1S/C12H23F3N4O/c1-3-19-6-4-9(5-7-19)18(2)8-10(11(16)17-20)12(13,14)15/h9-10,20H,3-8H2,1-2H3,(H2,16,17). The van der Waals surface area contributed by atoms with Gasteiger partial charge in [-0.1, -0.05) is 12.1 Å². The van der Waals surface area contributed by atoms with Crippen LogP contribution >= 0.6 is 0 Å². The Hall–Kier alpha value is -1.02. The molecule has 20 heavy (non-hydrogen) atoms. The van der Waals surface area contributed by atoms with Crippen LogP contribution in [0.1, 0.15) is 19.8 Å². The van der Waals surface area contributed by atoms with E-state index in [1.807, 2.05) is 0 Å². The van der Waals surface area contributed by atoms with E-state index in [1.165, 1.54) is 0 Å². The van der Waals surface area contributed by atoms with E-state index in [4.69, 9.17) is 10.9 Å². The van der Waals surface area contributed by atoms with Crippen LogP contribution in [-0.4, -0.2) is 66.3 Å². The van der Waals surface area contributed by atoms with Crippen molar-refractivity contribution < 1.29 is 18.4 Å². The molecule has 0 spiro atoms. The van der Waals surface area contributed by atoms with Gasteiger partial charge in [0, 0.05) is 12.6 Å². The van der Waals surface area contributed by atoms with Crippen molar-refractivity contribution in [2.24, 2.45) is 16.8 Å². The summed E-state index contributed by atoms with van der Waals surface area (Å²) in [5, 5.41) is 11.0. The Kier molecular flexibility index (Phi) is 6.07. The molecule has 0 radical (unpaired) electrons. The average Bonchev–Trinajstić information content (AvgIpc) is 2.42. The Balaban J connectivity index is 2.61. The lowest BCUT2D eigenvalue weighted by Gasteiger charge is -2.37. The average molecular weight is 296 g/mol. The first-order valence-corrected chi connectivity index (χ1v) is 6.76. The number of oxime groups is 1. The van der Waals surface area contributed by atoms with Crippen molar-refractivity contribution in [1.82, 2.24) is 9.80 Å². The van der Waals surface area contributed by atoms with Gasteiger partial charge in [-0.3, -0.25) is 0 Å². The van der Waals surface area contributed by atoms with Crippen LogP contribution in [-0.2, 0) is 0 Å². The van der Waals surface area contributed by atoms with Crippen molar-refractivity contribution >= 4 is 5.84 Å². The SMILES string of the molecule is CCN1CCC(N(C)CC(C(N)=NO)C(F)(F)F)CC1. The highest BCUT2D eigenvalue weighted by Crippen LogP contribution is 2.28. The van der Waals surface area contributed by atoms with Gasteiger partial charge in [0.1, 0.15) is 5.92 Å². The van der Waals surface area contributed by atoms with E-state index in [9.17, 15) is 13.2 Å². The van der Waals surface area contributed by atoms with Crippen molar-refractivity contribution in [3.8, 4) is 0 Å². The first-order valence-electron chi connectivity index (χ1n) is 6.76. The summed E-state index contributed by atoms with van der Waals surface area (Å²) in [5.74, 6) is -2.71. The van der Waals surface area contributed by atoms with Crippen molar-refractivity contribution in [3.05, 3.63) is 0 Å². The van der Waals surface area contributed by atoms with Gasteiger partial charge in [0.25, 0.3) is 0 Å². The van der Waals surface area contributed by atoms with Crippen molar-refractivity contribution in [2.75, 3.05) is 33.2 Å². The summed E-state index contributed by atoms with van der Waals surface area (Å²) in [4.78, 5) is 3.94. The normalized spacial score (nSPS) is 21.4. The van der Waals surface area contributed by atoms with Crippen LogP contribution in [0.25, 0.3) is 0 Å². The van der Waals surface area contributed by atoms with Crippen LogP contribution in [0.5, 0.6) is 0 Å². The van der Waals surface area contributed by atoms with Crippen molar-refractivity contribution in [1.29, 1.82) is 0 Å². The lowest BCUT2D eigenvalue weighted by molar-refractivity contribution is -0.161. The second-order valence-electron chi connectivity index (χ2n) is 5.22. The first-order chi connectivity index (χ1) is 9.29. The third-order valence-corrected chi connectivity index (χ3v) is 3.97. The number of rotatable bonds is 5. The largest absolute Gasteiger partial charge is 0.409 e. The molecule has 0 aromatic carbocycles. The van der Waals surface area contributed by atoms with Crippen LogP contribution in [0.3, 0.4) is 0 Å². The molecule has 0 aromatic rings. The molecule has 1 atom stereocenters. The van der Waals surface area contributed by atoms with Crippen LogP contribution in [0, 0.1) is 5.92 Å². The molecule has 0 saturated carbocycles. The Bertz CT molecular complexity index is 327. The van der Waals surface area contributed by atoms with E-state index in [0.717, 1.165) is 32.5 Å². The molecule has 1 fully saturated rings. The van der Waals surface area contributed by atoms with E-state index < -0.39 is 17.9 Å². The zero-order valence-electron chi connectivity index (χ0n) is 11.9. The molecule has 1 aliphatic rings. The van der Waals surface area contributed by atoms with Crippen LogP contribution in [0.15, 0.2) is 5.16 Å². The molecular formula is C12H23F3N4O. The maximum atomic E-state index is 12.9. The molecule has 1 saturated heterocycles. The summed E-state index contributed by atoms with van der Waals surface area (Å²) in [6.07, 6.45) is -2.83. The van der Waals surface area contributed by atoms with Gasteiger partial charge in [-0.15, -0.1) is 0 Å². The minimum atomic E-state index is -4.51. The van der Waals surface area contributed by atoms with Gasteiger partial charge >= 0.3 is 6.18 Å². The van der Waals surface area contributed by atoms with Crippen LogP contribution in [0.2, 0.25) is 0 Å². The second-order valence-corrected chi connectivity index (χ2v) is 5.22. The molecule has 1 heterocycles. The summed E-state index contributed by atoms with van der Waals surface area (Å²) < 4.78 is 38.7. The van der Waals surface area contributed by atoms with Crippen LogP contribution in [0.4, 0.5) is 13.2 Å². The van der Waals surface area contributed by atoms with Gasteiger partial charge in [-0.25, -0.2) is 0 Å². The molecule has 3 N–H and O–H groups in total. The molecule has 0 amide bonds. The topological polar surface area (TPSA) is 65.1 Å². The van der Waals surface area contributed by atoms with E-state index in [2.05, 4.69) is 17.0 Å². The number of likely N-dealkylation sites (tertiary alicyclic amines) is 1. The molecular weight excluding hydrogens is 273 g/mol. The zero-order valence-corrected chi connectivity index (χ0v) is 11.9. The fraction of sp³-hybridized carbons (Fsp3) is 0.917. The predicted octanol–water partition coefficient (Wildman–Crippen LogP) is 1.33. The molecule has 1 rings (SSSR count). The number of hydrogen-bond donors (Lipinski definition) is 2. The molecule has 0 bridgehead atoms. The molecule has 8 heteroatoms. The lowest BCUT2D eigenvalue weighted by atomic mass is 10.0.